The molecular weight excluding hydrogens is 228 g/mol. The summed E-state index contributed by atoms with van der Waals surface area (Å²) in [6, 6.07) is 5.80. The van der Waals surface area contributed by atoms with Crippen molar-refractivity contribution < 1.29 is 4.74 Å². The Morgan fingerprint density at radius 1 is 1.54 bits per heavy atom. The molecule has 0 aliphatic heterocycles. The number of rotatable bonds is 2. The van der Waals surface area contributed by atoms with E-state index in [0.717, 1.165) is 15.8 Å². The molecule has 0 aromatic heterocycles. The van der Waals surface area contributed by atoms with E-state index < -0.39 is 0 Å². The predicted molar refractivity (Wildman–Crippen MR) is 57.9 cm³/mol. The molecule has 68 valence electrons. The maximum atomic E-state index is 5.37. The number of hydrogen-bond donors (Lipinski definition) is 0. The summed E-state index contributed by atoms with van der Waals surface area (Å²) in [5, 5.41) is 0. The van der Waals surface area contributed by atoms with E-state index in [-0.39, 0.29) is 5.92 Å². The van der Waals surface area contributed by atoms with E-state index in [2.05, 4.69) is 21.9 Å². The molecule has 0 amide bonds. The number of halogens is 1. The van der Waals surface area contributed by atoms with Crippen molar-refractivity contribution in [3.8, 4) is 18.1 Å². The van der Waals surface area contributed by atoms with Crippen LogP contribution in [0.3, 0.4) is 0 Å². The van der Waals surface area contributed by atoms with Gasteiger partial charge < -0.3 is 4.74 Å². The van der Waals surface area contributed by atoms with Gasteiger partial charge in [0, 0.05) is 16.0 Å². The summed E-state index contributed by atoms with van der Waals surface area (Å²) in [7, 11) is 1.65. The molecule has 1 rings (SSSR count). The molecular formula is C11H11BrO. The Morgan fingerprint density at radius 2 is 2.23 bits per heavy atom. The van der Waals surface area contributed by atoms with Crippen LogP contribution in [0.5, 0.6) is 5.75 Å². The van der Waals surface area contributed by atoms with Gasteiger partial charge in [0.25, 0.3) is 0 Å². The van der Waals surface area contributed by atoms with Crippen LogP contribution in [-0.4, -0.2) is 7.11 Å². The quantitative estimate of drug-likeness (QED) is 0.720. The van der Waals surface area contributed by atoms with Gasteiger partial charge in [-0.2, -0.15) is 0 Å². The van der Waals surface area contributed by atoms with Crippen LogP contribution in [0.15, 0.2) is 22.7 Å². The Bertz CT molecular complexity index is 338. The molecule has 1 aromatic carbocycles. The second kappa shape index (κ2) is 4.34. The monoisotopic (exact) mass is 238 g/mol. The third-order valence-electron chi connectivity index (χ3n) is 1.92. The van der Waals surface area contributed by atoms with Crippen molar-refractivity contribution in [3.63, 3.8) is 0 Å². The third kappa shape index (κ3) is 2.05. The lowest BCUT2D eigenvalue weighted by molar-refractivity contribution is 0.408. The molecule has 0 radical (unpaired) electrons. The van der Waals surface area contributed by atoms with Crippen LogP contribution in [0, 0.1) is 12.3 Å². The van der Waals surface area contributed by atoms with E-state index in [1.54, 1.807) is 7.11 Å². The Labute approximate surface area is 87.2 Å². The minimum Gasteiger partial charge on any atom is -0.496 e. The first-order valence-electron chi connectivity index (χ1n) is 3.99. The van der Waals surface area contributed by atoms with Crippen molar-refractivity contribution in [1.29, 1.82) is 0 Å². The van der Waals surface area contributed by atoms with Gasteiger partial charge in [0.1, 0.15) is 5.75 Å². The molecule has 0 aliphatic rings. The molecule has 13 heavy (non-hydrogen) atoms. The highest BCUT2D eigenvalue weighted by Crippen LogP contribution is 2.32. The lowest BCUT2D eigenvalue weighted by Crippen LogP contribution is -1.96. The zero-order valence-corrected chi connectivity index (χ0v) is 9.26. The minimum absolute atomic E-state index is 0.0607. The Balaban J connectivity index is 3.24. The van der Waals surface area contributed by atoms with Gasteiger partial charge in [-0.25, -0.2) is 0 Å². The van der Waals surface area contributed by atoms with Crippen LogP contribution in [0.25, 0.3) is 0 Å². The summed E-state index contributed by atoms with van der Waals surface area (Å²) in [5.41, 5.74) is 1.03. The van der Waals surface area contributed by atoms with Crippen molar-refractivity contribution in [2.45, 2.75) is 12.8 Å². The fraction of sp³-hybridized carbons (Fsp3) is 0.273. The first kappa shape index (κ1) is 10.1. The fourth-order valence-corrected chi connectivity index (χ4v) is 1.89. The predicted octanol–water partition coefficient (Wildman–Crippen LogP) is 3.19. The van der Waals surface area contributed by atoms with Crippen LogP contribution < -0.4 is 4.74 Å². The van der Waals surface area contributed by atoms with Gasteiger partial charge >= 0.3 is 0 Å². The van der Waals surface area contributed by atoms with E-state index in [4.69, 9.17) is 11.2 Å². The normalized spacial score (nSPS) is 11.8. The molecule has 0 aliphatic carbocycles. The zero-order chi connectivity index (χ0) is 9.84. The standard InChI is InChI=1S/C11H11BrO/c1-4-8(2)11-9(12)6-5-7-10(11)13-3/h1,5-8H,2-3H3. The molecule has 1 aromatic rings. The second-order valence-electron chi connectivity index (χ2n) is 2.74. The lowest BCUT2D eigenvalue weighted by Gasteiger charge is -2.12. The molecule has 0 saturated carbocycles. The highest BCUT2D eigenvalue weighted by Gasteiger charge is 2.11. The topological polar surface area (TPSA) is 9.23 Å². The van der Waals surface area contributed by atoms with Crippen molar-refractivity contribution in [3.05, 3.63) is 28.2 Å². The van der Waals surface area contributed by atoms with E-state index >= 15 is 0 Å². The molecule has 0 bridgehead atoms. The summed E-state index contributed by atoms with van der Waals surface area (Å²) < 4.78 is 6.22. The first-order valence-corrected chi connectivity index (χ1v) is 4.78. The van der Waals surface area contributed by atoms with Crippen molar-refractivity contribution >= 4 is 15.9 Å². The molecule has 0 N–H and O–H groups in total. The number of methoxy groups -OCH3 is 1. The van der Waals surface area contributed by atoms with Gasteiger partial charge in [-0.1, -0.05) is 27.9 Å². The molecule has 1 atom stereocenters. The van der Waals surface area contributed by atoms with E-state index in [1.807, 2.05) is 25.1 Å². The summed E-state index contributed by atoms with van der Waals surface area (Å²) in [6.45, 7) is 1.97. The second-order valence-corrected chi connectivity index (χ2v) is 3.60. The summed E-state index contributed by atoms with van der Waals surface area (Å²) in [5.74, 6) is 3.58. The molecule has 0 fully saturated rings. The van der Waals surface area contributed by atoms with Crippen molar-refractivity contribution in [1.82, 2.24) is 0 Å². The van der Waals surface area contributed by atoms with Gasteiger partial charge in [-0.05, 0) is 19.1 Å². The van der Waals surface area contributed by atoms with Crippen LogP contribution in [0.4, 0.5) is 0 Å². The molecule has 0 spiro atoms. The number of benzene rings is 1. The SMILES string of the molecule is C#CC(C)c1c(Br)cccc1OC. The van der Waals surface area contributed by atoms with Crippen molar-refractivity contribution in [2.75, 3.05) is 7.11 Å². The smallest absolute Gasteiger partial charge is 0.124 e. The number of terminal acetylenes is 1. The van der Waals surface area contributed by atoms with E-state index in [9.17, 15) is 0 Å². The van der Waals surface area contributed by atoms with Crippen LogP contribution >= 0.6 is 15.9 Å². The largest absolute Gasteiger partial charge is 0.496 e. The average molecular weight is 239 g/mol. The molecule has 1 unspecified atom stereocenters. The summed E-state index contributed by atoms with van der Waals surface area (Å²) >= 11 is 3.45. The maximum absolute atomic E-state index is 5.37. The van der Waals surface area contributed by atoms with Crippen LogP contribution in [-0.2, 0) is 0 Å². The van der Waals surface area contributed by atoms with Gasteiger partial charge in [0.2, 0.25) is 0 Å². The van der Waals surface area contributed by atoms with Crippen LogP contribution in [0.1, 0.15) is 18.4 Å². The lowest BCUT2D eigenvalue weighted by atomic mass is 10.0. The van der Waals surface area contributed by atoms with Gasteiger partial charge in [0.15, 0.2) is 0 Å². The van der Waals surface area contributed by atoms with Crippen molar-refractivity contribution in [2.24, 2.45) is 0 Å². The first-order chi connectivity index (χ1) is 6.20. The van der Waals surface area contributed by atoms with Gasteiger partial charge in [-0.15, -0.1) is 6.42 Å². The van der Waals surface area contributed by atoms with Gasteiger partial charge in [0.05, 0.1) is 7.11 Å². The summed E-state index contributed by atoms with van der Waals surface area (Å²) in [6.07, 6.45) is 5.37. The Morgan fingerprint density at radius 3 is 2.77 bits per heavy atom. The molecule has 1 nitrogen and oxygen atoms in total. The number of ether oxygens (including phenoxy) is 1. The molecule has 0 saturated heterocycles. The minimum atomic E-state index is 0.0607. The van der Waals surface area contributed by atoms with E-state index in [1.165, 1.54) is 0 Å². The molecule has 2 heteroatoms. The Hall–Kier alpha value is -0.940. The zero-order valence-electron chi connectivity index (χ0n) is 7.67. The highest BCUT2D eigenvalue weighted by atomic mass is 79.9. The summed E-state index contributed by atoms with van der Waals surface area (Å²) in [4.78, 5) is 0. The molecule has 0 heterocycles. The van der Waals surface area contributed by atoms with Crippen LogP contribution in [0.2, 0.25) is 0 Å². The fourth-order valence-electron chi connectivity index (χ4n) is 1.20. The maximum Gasteiger partial charge on any atom is 0.124 e. The van der Waals surface area contributed by atoms with Gasteiger partial charge in [-0.3, -0.25) is 0 Å². The average Bonchev–Trinajstić information content (AvgIpc) is 2.16. The Kier molecular flexibility index (Phi) is 3.39. The highest BCUT2D eigenvalue weighted by molar-refractivity contribution is 9.10. The number of hydrogen-bond acceptors (Lipinski definition) is 1. The van der Waals surface area contributed by atoms with E-state index in [0.29, 0.717) is 0 Å². The third-order valence-corrected chi connectivity index (χ3v) is 2.61.